The van der Waals surface area contributed by atoms with Crippen molar-refractivity contribution in [2.75, 3.05) is 6.61 Å². The van der Waals surface area contributed by atoms with Crippen LogP contribution in [0.3, 0.4) is 0 Å². The lowest BCUT2D eigenvalue weighted by molar-refractivity contribution is -0.0979. The summed E-state index contributed by atoms with van der Waals surface area (Å²) in [6.07, 6.45) is 9.06. The van der Waals surface area contributed by atoms with Crippen molar-refractivity contribution in [2.24, 2.45) is 11.8 Å². The smallest absolute Gasteiger partial charge is 0.124 e. The Labute approximate surface area is 85.0 Å². The zero-order valence-corrected chi connectivity index (χ0v) is 8.54. The third kappa shape index (κ3) is 1.13. The van der Waals surface area contributed by atoms with E-state index in [0.29, 0.717) is 5.92 Å². The molecular weight excluding hydrogens is 176 g/mol. The number of hydrogen-bond acceptors (Lipinski definition) is 2. The van der Waals surface area contributed by atoms with E-state index in [0.717, 1.165) is 31.1 Å². The molecule has 3 fully saturated rings. The Kier molecular flexibility index (Phi) is 1.88. The maximum atomic E-state index is 10.7. The third-order valence-corrected chi connectivity index (χ3v) is 4.25. The monoisotopic (exact) mass is 194 g/mol. The van der Waals surface area contributed by atoms with Gasteiger partial charge in [-0.3, -0.25) is 0 Å². The summed E-state index contributed by atoms with van der Waals surface area (Å²) in [5.74, 6) is 2.11. The van der Waals surface area contributed by atoms with Gasteiger partial charge in [0.2, 0.25) is 0 Å². The molecule has 2 heteroatoms. The van der Waals surface area contributed by atoms with Crippen molar-refractivity contribution >= 4 is 0 Å². The van der Waals surface area contributed by atoms with Gasteiger partial charge in [-0.05, 0) is 50.0 Å². The third-order valence-electron chi connectivity index (χ3n) is 4.25. The van der Waals surface area contributed by atoms with E-state index in [1.165, 1.54) is 25.7 Å². The van der Waals surface area contributed by atoms with Crippen molar-refractivity contribution in [3.8, 4) is 0 Å². The van der Waals surface area contributed by atoms with Gasteiger partial charge in [0, 0.05) is 6.42 Å². The Hall–Kier alpha value is -0.500. The Morgan fingerprint density at radius 3 is 2.57 bits per heavy atom. The lowest BCUT2D eigenvalue weighted by Crippen LogP contribution is -2.48. The predicted octanol–water partition coefficient (Wildman–Crippen LogP) is 2.23. The molecule has 0 aromatic carbocycles. The van der Waals surface area contributed by atoms with Crippen LogP contribution in [0.25, 0.3) is 0 Å². The van der Waals surface area contributed by atoms with Crippen LogP contribution in [-0.4, -0.2) is 17.3 Å². The molecule has 4 aliphatic rings. The summed E-state index contributed by atoms with van der Waals surface area (Å²) in [6.45, 7) is 0.773. The highest BCUT2D eigenvalue weighted by molar-refractivity contribution is 5.18. The summed E-state index contributed by atoms with van der Waals surface area (Å²) < 4.78 is 5.56. The molecule has 0 amide bonds. The lowest BCUT2D eigenvalue weighted by atomic mass is 9.61. The topological polar surface area (TPSA) is 29.5 Å². The fourth-order valence-electron chi connectivity index (χ4n) is 3.47. The van der Waals surface area contributed by atoms with Crippen LogP contribution >= 0.6 is 0 Å². The van der Waals surface area contributed by atoms with Crippen LogP contribution in [0.2, 0.25) is 0 Å². The summed E-state index contributed by atoms with van der Waals surface area (Å²) in [4.78, 5) is 0. The fraction of sp³-hybridized carbons (Fsp3) is 0.833. The molecule has 14 heavy (non-hydrogen) atoms. The molecule has 2 bridgehead atoms. The summed E-state index contributed by atoms with van der Waals surface area (Å²) >= 11 is 0. The SMILES string of the molecule is OC1(C2=CCCO2)CC2CCC1CC2. The first-order valence-electron chi connectivity index (χ1n) is 5.85. The van der Waals surface area contributed by atoms with Crippen molar-refractivity contribution in [3.05, 3.63) is 11.8 Å². The molecule has 3 saturated carbocycles. The normalized spacial score (nSPS) is 46.2. The minimum Gasteiger partial charge on any atom is -0.495 e. The van der Waals surface area contributed by atoms with Crippen LogP contribution in [0.4, 0.5) is 0 Å². The molecule has 0 aromatic heterocycles. The molecule has 1 aliphatic heterocycles. The minimum atomic E-state index is -0.586. The zero-order valence-electron chi connectivity index (χ0n) is 8.54. The van der Waals surface area contributed by atoms with Crippen LogP contribution in [-0.2, 0) is 4.74 Å². The van der Waals surface area contributed by atoms with E-state index in [1.807, 2.05) is 0 Å². The van der Waals surface area contributed by atoms with Crippen molar-refractivity contribution in [3.63, 3.8) is 0 Å². The van der Waals surface area contributed by atoms with Crippen LogP contribution in [0, 0.1) is 11.8 Å². The molecule has 4 rings (SSSR count). The quantitative estimate of drug-likeness (QED) is 0.693. The van der Waals surface area contributed by atoms with Gasteiger partial charge >= 0.3 is 0 Å². The number of hydrogen-bond donors (Lipinski definition) is 1. The van der Waals surface area contributed by atoms with Crippen molar-refractivity contribution in [1.29, 1.82) is 0 Å². The van der Waals surface area contributed by atoms with E-state index in [-0.39, 0.29) is 0 Å². The van der Waals surface area contributed by atoms with Crippen LogP contribution in [0.5, 0.6) is 0 Å². The molecule has 1 unspecified atom stereocenters. The zero-order chi connectivity index (χ0) is 9.60. The van der Waals surface area contributed by atoms with Gasteiger partial charge in [0.05, 0.1) is 6.61 Å². The summed E-state index contributed by atoms with van der Waals surface area (Å²) in [5, 5.41) is 10.7. The van der Waals surface area contributed by atoms with Crippen molar-refractivity contribution in [1.82, 2.24) is 0 Å². The molecule has 2 nitrogen and oxygen atoms in total. The molecule has 1 N–H and O–H groups in total. The van der Waals surface area contributed by atoms with E-state index in [1.54, 1.807) is 0 Å². The maximum Gasteiger partial charge on any atom is 0.124 e. The van der Waals surface area contributed by atoms with E-state index in [9.17, 15) is 5.11 Å². The molecule has 0 saturated heterocycles. The van der Waals surface area contributed by atoms with Crippen molar-refractivity contribution < 1.29 is 9.84 Å². The first-order valence-corrected chi connectivity index (χ1v) is 5.85. The fourth-order valence-corrected chi connectivity index (χ4v) is 3.47. The Balaban J connectivity index is 1.88. The van der Waals surface area contributed by atoms with Gasteiger partial charge in [0.1, 0.15) is 11.4 Å². The Morgan fingerprint density at radius 2 is 2.07 bits per heavy atom. The maximum absolute atomic E-state index is 10.7. The average molecular weight is 194 g/mol. The van der Waals surface area contributed by atoms with Crippen LogP contribution in [0.1, 0.15) is 38.5 Å². The summed E-state index contributed by atoms with van der Waals surface area (Å²) in [6, 6.07) is 0. The molecule has 0 spiro atoms. The predicted molar refractivity (Wildman–Crippen MR) is 53.7 cm³/mol. The molecule has 78 valence electrons. The van der Waals surface area contributed by atoms with Gasteiger partial charge in [-0.2, -0.15) is 0 Å². The minimum absolute atomic E-state index is 0.469. The van der Waals surface area contributed by atoms with Crippen LogP contribution in [0.15, 0.2) is 11.8 Å². The first-order chi connectivity index (χ1) is 6.79. The van der Waals surface area contributed by atoms with Gasteiger partial charge < -0.3 is 9.84 Å². The van der Waals surface area contributed by atoms with Gasteiger partial charge in [0.15, 0.2) is 0 Å². The van der Waals surface area contributed by atoms with Gasteiger partial charge in [-0.25, -0.2) is 0 Å². The summed E-state index contributed by atoms with van der Waals surface area (Å²) in [7, 11) is 0. The molecule has 3 aliphatic carbocycles. The molecular formula is C12H18O2. The Bertz CT molecular complexity index is 263. The van der Waals surface area contributed by atoms with E-state index >= 15 is 0 Å². The molecule has 1 heterocycles. The van der Waals surface area contributed by atoms with Crippen molar-refractivity contribution in [2.45, 2.75) is 44.1 Å². The van der Waals surface area contributed by atoms with Gasteiger partial charge in [0.25, 0.3) is 0 Å². The second kappa shape index (κ2) is 2.99. The summed E-state index contributed by atoms with van der Waals surface area (Å²) in [5.41, 5.74) is -0.586. The number of aliphatic hydroxyl groups is 1. The molecule has 1 atom stereocenters. The first kappa shape index (κ1) is 8.78. The highest BCUT2D eigenvalue weighted by Crippen LogP contribution is 2.51. The van der Waals surface area contributed by atoms with E-state index < -0.39 is 5.60 Å². The van der Waals surface area contributed by atoms with Gasteiger partial charge in [-0.1, -0.05) is 0 Å². The number of ether oxygens (including phenoxy) is 1. The second-order valence-electron chi connectivity index (χ2n) is 5.05. The number of fused-ring (bicyclic) bond motifs is 3. The second-order valence-corrected chi connectivity index (χ2v) is 5.05. The number of rotatable bonds is 1. The van der Waals surface area contributed by atoms with Crippen LogP contribution < -0.4 is 0 Å². The average Bonchev–Trinajstić information content (AvgIpc) is 2.72. The lowest BCUT2D eigenvalue weighted by Gasteiger charge is -2.48. The largest absolute Gasteiger partial charge is 0.495 e. The van der Waals surface area contributed by atoms with Gasteiger partial charge in [-0.15, -0.1) is 0 Å². The van der Waals surface area contributed by atoms with E-state index in [4.69, 9.17) is 4.74 Å². The highest BCUT2D eigenvalue weighted by Gasteiger charge is 2.49. The molecule has 0 aromatic rings. The Morgan fingerprint density at radius 1 is 1.29 bits per heavy atom. The van der Waals surface area contributed by atoms with E-state index in [2.05, 4.69) is 6.08 Å². The standard InChI is InChI=1S/C12H18O2/c13-12(11-2-1-7-14-11)8-9-3-5-10(12)6-4-9/h2,9-10,13H,1,3-8H2. The molecule has 0 radical (unpaired) electrons. The highest BCUT2D eigenvalue weighted by atomic mass is 16.5.